The highest BCUT2D eigenvalue weighted by atomic mass is 19.1. The Morgan fingerprint density at radius 3 is 2.95 bits per heavy atom. The quantitative estimate of drug-likeness (QED) is 0.809. The van der Waals surface area contributed by atoms with Crippen LogP contribution in [0.5, 0.6) is 0 Å². The molecule has 1 aromatic rings. The van der Waals surface area contributed by atoms with E-state index in [2.05, 4.69) is 20.5 Å². The number of carbonyl (C=O) groups excluding carboxylic acids is 1. The van der Waals surface area contributed by atoms with Crippen molar-refractivity contribution in [1.29, 1.82) is 0 Å². The fourth-order valence-electron chi connectivity index (χ4n) is 2.17. The molecule has 0 aromatic carbocycles. The van der Waals surface area contributed by atoms with Crippen LogP contribution >= 0.6 is 0 Å². The number of carbonyl (C=O) groups is 1. The van der Waals surface area contributed by atoms with E-state index in [0.717, 1.165) is 39.0 Å². The smallest absolute Gasteiger partial charge is 0.255 e. The molecule has 1 amide bonds. The highest BCUT2D eigenvalue weighted by molar-refractivity contribution is 5.98. The Hall–Kier alpha value is -1.73. The van der Waals surface area contributed by atoms with Crippen molar-refractivity contribution >= 4 is 11.7 Å². The Morgan fingerprint density at radius 1 is 1.48 bits per heavy atom. The van der Waals surface area contributed by atoms with Gasteiger partial charge >= 0.3 is 0 Å². The van der Waals surface area contributed by atoms with Crippen molar-refractivity contribution in [2.45, 2.75) is 6.92 Å². The summed E-state index contributed by atoms with van der Waals surface area (Å²) in [5.41, 5.74) is 0.235. The van der Waals surface area contributed by atoms with Crippen LogP contribution in [-0.4, -0.2) is 61.7 Å². The third kappa shape index (κ3) is 4.64. The molecule has 1 fully saturated rings. The van der Waals surface area contributed by atoms with Crippen LogP contribution in [0.2, 0.25) is 0 Å². The van der Waals surface area contributed by atoms with Crippen LogP contribution in [-0.2, 0) is 4.74 Å². The largest absolute Gasteiger partial charge is 0.379 e. The molecule has 21 heavy (non-hydrogen) atoms. The third-order valence-electron chi connectivity index (χ3n) is 3.26. The molecule has 0 unspecified atom stereocenters. The lowest BCUT2D eigenvalue weighted by Crippen LogP contribution is -2.41. The molecular formula is C14H21FN4O2. The van der Waals surface area contributed by atoms with Gasteiger partial charge in [-0.2, -0.15) is 0 Å². The summed E-state index contributed by atoms with van der Waals surface area (Å²) < 4.78 is 18.5. The van der Waals surface area contributed by atoms with Gasteiger partial charge in [0.05, 0.1) is 25.0 Å². The Morgan fingerprint density at radius 2 is 2.24 bits per heavy atom. The van der Waals surface area contributed by atoms with Gasteiger partial charge in [-0.1, -0.05) is 0 Å². The maximum atomic E-state index is 13.3. The monoisotopic (exact) mass is 296 g/mol. The molecule has 1 saturated heterocycles. The highest BCUT2D eigenvalue weighted by Gasteiger charge is 2.15. The standard InChI is InChI=1S/C14H21FN4O2/c1-2-16-13-12(9-11(15)10-18-13)14(20)17-3-4-19-5-7-21-8-6-19/h9-10H,2-8H2,1H3,(H,16,18)(H,17,20). The Balaban J connectivity index is 1.88. The van der Waals surface area contributed by atoms with Gasteiger partial charge in [-0.25, -0.2) is 9.37 Å². The van der Waals surface area contributed by atoms with E-state index in [1.54, 1.807) is 0 Å². The summed E-state index contributed by atoms with van der Waals surface area (Å²) in [6.45, 7) is 6.99. The molecule has 2 rings (SSSR count). The molecule has 2 N–H and O–H groups in total. The van der Waals surface area contributed by atoms with Crippen molar-refractivity contribution in [3.05, 3.63) is 23.6 Å². The maximum Gasteiger partial charge on any atom is 0.255 e. The van der Waals surface area contributed by atoms with E-state index < -0.39 is 5.82 Å². The lowest BCUT2D eigenvalue weighted by atomic mass is 10.2. The molecule has 1 aliphatic heterocycles. The number of pyridine rings is 1. The number of morpholine rings is 1. The fraction of sp³-hybridized carbons (Fsp3) is 0.571. The average molecular weight is 296 g/mol. The lowest BCUT2D eigenvalue weighted by molar-refractivity contribution is 0.0383. The average Bonchev–Trinajstić information content (AvgIpc) is 2.50. The second-order valence-corrected chi connectivity index (χ2v) is 4.79. The number of nitrogens with one attached hydrogen (secondary N) is 2. The minimum absolute atomic E-state index is 0.235. The number of halogens is 1. The highest BCUT2D eigenvalue weighted by Crippen LogP contribution is 2.13. The molecule has 0 bridgehead atoms. The minimum atomic E-state index is -0.519. The van der Waals surface area contributed by atoms with Crippen molar-refractivity contribution in [2.24, 2.45) is 0 Å². The molecule has 1 aliphatic rings. The van der Waals surface area contributed by atoms with E-state index in [-0.39, 0.29) is 11.5 Å². The van der Waals surface area contributed by atoms with E-state index in [4.69, 9.17) is 4.74 Å². The third-order valence-corrected chi connectivity index (χ3v) is 3.26. The summed E-state index contributed by atoms with van der Waals surface area (Å²) in [5.74, 6) is -0.427. The van der Waals surface area contributed by atoms with Gasteiger partial charge in [-0.15, -0.1) is 0 Å². The number of nitrogens with zero attached hydrogens (tertiary/aromatic N) is 2. The number of anilines is 1. The molecule has 7 heteroatoms. The molecule has 0 radical (unpaired) electrons. The van der Waals surface area contributed by atoms with Crippen LogP contribution in [0.1, 0.15) is 17.3 Å². The van der Waals surface area contributed by atoms with E-state index in [1.165, 1.54) is 6.07 Å². The first-order valence-electron chi connectivity index (χ1n) is 7.18. The van der Waals surface area contributed by atoms with Crippen LogP contribution in [0.3, 0.4) is 0 Å². The van der Waals surface area contributed by atoms with Crippen LogP contribution in [0.15, 0.2) is 12.3 Å². The first-order valence-corrected chi connectivity index (χ1v) is 7.18. The van der Waals surface area contributed by atoms with Crippen LogP contribution in [0.4, 0.5) is 10.2 Å². The molecule has 0 saturated carbocycles. The number of ether oxygens (including phenoxy) is 1. The summed E-state index contributed by atoms with van der Waals surface area (Å²) in [7, 11) is 0. The minimum Gasteiger partial charge on any atom is -0.379 e. The normalized spacial score (nSPS) is 15.7. The van der Waals surface area contributed by atoms with Gasteiger partial charge in [0.25, 0.3) is 5.91 Å². The summed E-state index contributed by atoms with van der Waals surface area (Å²) in [6.07, 6.45) is 1.10. The second kappa shape index (κ2) is 7.90. The van der Waals surface area contributed by atoms with Gasteiger partial charge in [-0.3, -0.25) is 9.69 Å². The van der Waals surface area contributed by atoms with Crippen molar-refractivity contribution in [3.63, 3.8) is 0 Å². The Labute approximate surface area is 123 Å². The molecule has 2 heterocycles. The zero-order valence-electron chi connectivity index (χ0n) is 12.2. The summed E-state index contributed by atoms with van der Waals surface area (Å²) in [5, 5.41) is 5.76. The SMILES string of the molecule is CCNc1ncc(F)cc1C(=O)NCCN1CCOCC1. The number of rotatable bonds is 6. The van der Waals surface area contributed by atoms with Gasteiger partial charge < -0.3 is 15.4 Å². The predicted molar refractivity (Wildman–Crippen MR) is 78.0 cm³/mol. The number of amides is 1. The Kier molecular flexibility index (Phi) is 5.89. The topological polar surface area (TPSA) is 66.5 Å². The second-order valence-electron chi connectivity index (χ2n) is 4.79. The molecule has 1 aromatic heterocycles. The maximum absolute atomic E-state index is 13.3. The van der Waals surface area contributed by atoms with Gasteiger partial charge in [0.2, 0.25) is 0 Å². The van der Waals surface area contributed by atoms with Crippen molar-refractivity contribution in [2.75, 3.05) is 51.3 Å². The first kappa shape index (κ1) is 15.7. The van der Waals surface area contributed by atoms with Crippen LogP contribution in [0, 0.1) is 5.82 Å². The van der Waals surface area contributed by atoms with Gasteiger partial charge in [-0.05, 0) is 13.0 Å². The predicted octanol–water partition coefficient (Wildman–Crippen LogP) is 0.714. The van der Waals surface area contributed by atoms with Gasteiger partial charge in [0.1, 0.15) is 11.6 Å². The number of hydrogen-bond donors (Lipinski definition) is 2. The van der Waals surface area contributed by atoms with E-state index in [0.29, 0.717) is 18.9 Å². The molecule has 0 aliphatic carbocycles. The van der Waals surface area contributed by atoms with Crippen LogP contribution < -0.4 is 10.6 Å². The zero-order valence-corrected chi connectivity index (χ0v) is 12.2. The Bertz CT molecular complexity index is 478. The van der Waals surface area contributed by atoms with Crippen molar-refractivity contribution < 1.29 is 13.9 Å². The van der Waals surface area contributed by atoms with Gasteiger partial charge in [0.15, 0.2) is 0 Å². The fourth-order valence-corrected chi connectivity index (χ4v) is 2.17. The summed E-state index contributed by atoms with van der Waals surface area (Å²) >= 11 is 0. The lowest BCUT2D eigenvalue weighted by Gasteiger charge is -2.26. The summed E-state index contributed by atoms with van der Waals surface area (Å²) in [6, 6.07) is 1.20. The van der Waals surface area contributed by atoms with Gasteiger partial charge in [0, 0.05) is 32.7 Å². The molecule has 0 spiro atoms. The van der Waals surface area contributed by atoms with Crippen LogP contribution in [0.25, 0.3) is 0 Å². The molecular weight excluding hydrogens is 275 g/mol. The number of aromatic nitrogens is 1. The zero-order chi connectivity index (χ0) is 15.1. The van der Waals surface area contributed by atoms with Crippen molar-refractivity contribution in [3.8, 4) is 0 Å². The number of hydrogen-bond acceptors (Lipinski definition) is 5. The first-order chi connectivity index (χ1) is 10.2. The van der Waals surface area contributed by atoms with E-state index in [9.17, 15) is 9.18 Å². The summed E-state index contributed by atoms with van der Waals surface area (Å²) in [4.78, 5) is 18.3. The van der Waals surface area contributed by atoms with E-state index in [1.807, 2.05) is 6.92 Å². The van der Waals surface area contributed by atoms with E-state index >= 15 is 0 Å². The molecule has 0 atom stereocenters. The molecule has 116 valence electrons. The van der Waals surface area contributed by atoms with Crippen molar-refractivity contribution in [1.82, 2.24) is 15.2 Å². The molecule has 6 nitrogen and oxygen atoms in total.